The number of hydrogen-bond acceptors (Lipinski definition) is 2. The Hall–Kier alpha value is -2.49. The zero-order chi connectivity index (χ0) is 18.9. The van der Waals surface area contributed by atoms with Gasteiger partial charge in [0, 0.05) is 30.1 Å². The summed E-state index contributed by atoms with van der Waals surface area (Å²) in [6.45, 7) is 9.73. The van der Waals surface area contributed by atoms with Crippen LogP contribution in [0, 0.1) is 11.6 Å². The lowest BCUT2D eigenvalue weighted by Crippen LogP contribution is -2.45. The molecule has 136 valence electrons. The van der Waals surface area contributed by atoms with Crippen molar-refractivity contribution >= 4 is 23.2 Å². The summed E-state index contributed by atoms with van der Waals surface area (Å²) in [5.74, 6) is -1.26. The Kier molecular flexibility index (Phi) is 4.94. The average Bonchev–Trinajstić information content (AvgIpc) is 2.57. The lowest BCUT2D eigenvalue weighted by molar-refractivity contribution is 0.550. The Bertz CT molecular complexity index is 882. The Morgan fingerprint density at radius 2 is 1.88 bits per heavy atom. The Morgan fingerprint density at radius 3 is 2.58 bits per heavy atom. The molecule has 2 aromatic rings. The normalized spacial score (nSPS) is 15.9. The van der Waals surface area contributed by atoms with E-state index in [-0.39, 0.29) is 11.2 Å². The highest BCUT2D eigenvalue weighted by Crippen LogP contribution is 2.39. The topological polar surface area (TPSA) is 15.6 Å². The summed E-state index contributed by atoms with van der Waals surface area (Å²) >= 11 is 0. The third kappa shape index (κ3) is 3.55. The molecule has 0 fully saturated rings. The van der Waals surface area contributed by atoms with Crippen molar-refractivity contribution in [2.45, 2.75) is 39.7 Å². The van der Waals surface area contributed by atoms with Gasteiger partial charge < -0.3 is 4.90 Å². The van der Waals surface area contributed by atoms with Crippen molar-refractivity contribution in [3.05, 3.63) is 65.2 Å². The molecule has 4 heteroatoms. The number of benzene rings is 2. The molecule has 0 atom stereocenters. The van der Waals surface area contributed by atoms with E-state index in [1.165, 1.54) is 29.0 Å². The second kappa shape index (κ2) is 7.02. The number of aliphatic imine (C=N–C) groups is 1. The van der Waals surface area contributed by atoms with Crippen LogP contribution in [-0.2, 0) is 0 Å². The van der Waals surface area contributed by atoms with Crippen LogP contribution >= 0.6 is 0 Å². The molecular formula is C22H24F2N2. The van der Waals surface area contributed by atoms with Crippen molar-refractivity contribution in [3.63, 3.8) is 0 Å². The maximum absolute atomic E-state index is 13.7. The van der Waals surface area contributed by atoms with Gasteiger partial charge in [0.15, 0.2) is 5.82 Å². The van der Waals surface area contributed by atoms with Gasteiger partial charge in [-0.1, -0.05) is 19.1 Å². The summed E-state index contributed by atoms with van der Waals surface area (Å²) in [6.07, 6.45) is 4.97. The fourth-order valence-electron chi connectivity index (χ4n) is 3.54. The lowest BCUT2D eigenvalue weighted by atomic mass is 9.88. The molecule has 0 saturated carbocycles. The molecule has 1 heterocycles. The van der Waals surface area contributed by atoms with Gasteiger partial charge in [-0.2, -0.15) is 0 Å². The van der Waals surface area contributed by atoms with Gasteiger partial charge in [-0.15, -0.1) is 0 Å². The maximum Gasteiger partial charge on any atom is 0.151 e. The molecule has 0 bridgehead atoms. The quantitative estimate of drug-likeness (QED) is 0.603. The molecule has 0 saturated heterocycles. The van der Waals surface area contributed by atoms with Crippen LogP contribution in [0.2, 0.25) is 0 Å². The Labute approximate surface area is 153 Å². The van der Waals surface area contributed by atoms with Crippen LogP contribution < -0.4 is 4.90 Å². The van der Waals surface area contributed by atoms with Crippen LogP contribution in [0.3, 0.4) is 0 Å². The van der Waals surface area contributed by atoms with Crippen LogP contribution in [0.1, 0.15) is 45.2 Å². The van der Waals surface area contributed by atoms with Crippen LogP contribution in [-0.4, -0.2) is 18.3 Å². The lowest BCUT2D eigenvalue weighted by Gasteiger charge is -2.43. The molecule has 0 aromatic heterocycles. The van der Waals surface area contributed by atoms with E-state index in [1.807, 2.05) is 6.07 Å². The number of rotatable bonds is 4. The first-order chi connectivity index (χ1) is 12.3. The van der Waals surface area contributed by atoms with Gasteiger partial charge >= 0.3 is 0 Å². The van der Waals surface area contributed by atoms with E-state index in [1.54, 1.807) is 6.21 Å². The van der Waals surface area contributed by atoms with E-state index in [4.69, 9.17) is 0 Å². The summed E-state index contributed by atoms with van der Waals surface area (Å²) < 4.78 is 26.7. The average molecular weight is 354 g/mol. The number of nitrogens with zero attached hydrogens (tertiary/aromatic N) is 2. The van der Waals surface area contributed by atoms with Crippen molar-refractivity contribution < 1.29 is 8.78 Å². The molecule has 1 aliphatic rings. The van der Waals surface area contributed by atoms with E-state index in [9.17, 15) is 8.78 Å². The van der Waals surface area contributed by atoms with Gasteiger partial charge in [-0.25, -0.2) is 8.78 Å². The van der Waals surface area contributed by atoms with E-state index in [2.05, 4.69) is 55.8 Å². The molecule has 2 nitrogen and oxygen atoms in total. The third-order valence-electron chi connectivity index (χ3n) is 4.71. The summed E-state index contributed by atoms with van der Waals surface area (Å²) in [5.41, 5.74) is 4.59. The number of halogens is 2. The first-order valence-corrected chi connectivity index (χ1v) is 8.92. The standard InChI is InChI=1S/C22H24F2N2/c1-5-10-26-21-9-6-16(11-18(21)15(2)13-22(26,3)4)14-25-20-8-7-17(23)12-19(20)24/h6-9,11-14H,5,10H2,1-4H3. The van der Waals surface area contributed by atoms with Crippen molar-refractivity contribution in [1.29, 1.82) is 0 Å². The van der Waals surface area contributed by atoms with E-state index in [0.29, 0.717) is 0 Å². The second-order valence-electron chi connectivity index (χ2n) is 7.26. The van der Waals surface area contributed by atoms with Crippen LogP contribution in [0.15, 0.2) is 47.5 Å². The highest BCUT2D eigenvalue weighted by Gasteiger charge is 2.30. The number of fused-ring (bicyclic) bond motifs is 1. The zero-order valence-electron chi connectivity index (χ0n) is 15.7. The van der Waals surface area contributed by atoms with Crippen molar-refractivity contribution in [3.8, 4) is 0 Å². The van der Waals surface area contributed by atoms with Crippen molar-refractivity contribution in [1.82, 2.24) is 0 Å². The van der Waals surface area contributed by atoms with E-state index >= 15 is 0 Å². The zero-order valence-corrected chi connectivity index (χ0v) is 15.7. The van der Waals surface area contributed by atoms with Crippen LogP contribution in [0.5, 0.6) is 0 Å². The molecule has 0 aliphatic carbocycles. The van der Waals surface area contributed by atoms with Gasteiger partial charge in [0.1, 0.15) is 5.82 Å². The molecule has 2 aromatic carbocycles. The minimum Gasteiger partial charge on any atom is -0.362 e. The van der Waals surface area contributed by atoms with Gasteiger partial charge in [0.2, 0.25) is 0 Å². The monoisotopic (exact) mass is 354 g/mol. The highest BCUT2D eigenvalue weighted by molar-refractivity contribution is 5.88. The smallest absolute Gasteiger partial charge is 0.151 e. The van der Waals surface area contributed by atoms with E-state index in [0.717, 1.165) is 24.6 Å². The first-order valence-electron chi connectivity index (χ1n) is 8.92. The summed E-state index contributed by atoms with van der Waals surface area (Å²) in [6, 6.07) is 9.56. The molecule has 26 heavy (non-hydrogen) atoms. The van der Waals surface area contributed by atoms with Crippen LogP contribution in [0.25, 0.3) is 5.57 Å². The maximum atomic E-state index is 13.7. The van der Waals surface area contributed by atoms with Gasteiger partial charge in [0.25, 0.3) is 0 Å². The molecule has 0 radical (unpaired) electrons. The number of allylic oxidation sites excluding steroid dienone is 1. The predicted molar refractivity (Wildman–Crippen MR) is 105 cm³/mol. The third-order valence-corrected chi connectivity index (χ3v) is 4.71. The number of anilines is 1. The Morgan fingerprint density at radius 1 is 1.12 bits per heavy atom. The first kappa shape index (κ1) is 18.3. The van der Waals surface area contributed by atoms with E-state index < -0.39 is 11.6 Å². The highest BCUT2D eigenvalue weighted by atomic mass is 19.1. The molecule has 0 spiro atoms. The summed E-state index contributed by atoms with van der Waals surface area (Å²) in [5, 5.41) is 0. The number of hydrogen-bond donors (Lipinski definition) is 0. The van der Waals surface area contributed by atoms with Gasteiger partial charge in [0.05, 0.1) is 11.2 Å². The molecule has 3 rings (SSSR count). The van der Waals surface area contributed by atoms with Crippen LogP contribution in [0.4, 0.5) is 20.2 Å². The summed E-state index contributed by atoms with van der Waals surface area (Å²) in [4.78, 5) is 6.59. The summed E-state index contributed by atoms with van der Waals surface area (Å²) in [7, 11) is 0. The van der Waals surface area contributed by atoms with Crippen molar-refractivity contribution in [2.24, 2.45) is 4.99 Å². The molecule has 1 aliphatic heterocycles. The molecule has 0 unspecified atom stereocenters. The second-order valence-corrected chi connectivity index (χ2v) is 7.26. The van der Waals surface area contributed by atoms with Crippen molar-refractivity contribution in [2.75, 3.05) is 11.4 Å². The largest absolute Gasteiger partial charge is 0.362 e. The van der Waals surface area contributed by atoms with Gasteiger partial charge in [-0.3, -0.25) is 4.99 Å². The minimum absolute atomic E-state index is 0.0278. The predicted octanol–water partition coefficient (Wildman–Crippen LogP) is 6.13. The minimum atomic E-state index is -0.661. The Balaban J connectivity index is 1.96. The fraction of sp³-hybridized carbons (Fsp3) is 0.318. The molecule has 0 N–H and O–H groups in total. The fourth-order valence-corrected chi connectivity index (χ4v) is 3.54. The van der Waals surface area contributed by atoms with Gasteiger partial charge in [-0.05, 0) is 62.6 Å². The SMILES string of the molecule is CCCN1c2ccc(C=Nc3ccc(F)cc3F)cc2C(C)=CC1(C)C. The molecule has 0 amide bonds. The molecular weight excluding hydrogens is 330 g/mol.